The number of likely N-dealkylation sites (N-methyl/N-ethyl adjacent to an activating group) is 1. The standard InChI is InChI=1S/C20H28N2O4/c1-21(15-18(23)24)13-17-14-22(10-11-26-17)19(25)20(8-5-9-20)12-16-6-3-2-4-7-16/h2-4,6-7,17H,5,8-15H2,1H3,(H,23,24). The average Bonchev–Trinajstić information content (AvgIpc) is 2.58. The zero-order valence-corrected chi connectivity index (χ0v) is 15.4. The summed E-state index contributed by atoms with van der Waals surface area (Å²) in [7, 11) is 1.76. The lowest BCUT2D eigenvalue weighted by atomic mass is 9.64. The van der Waals surface area contributed by atoms with Gasteiger partial charge in [0.15, 0.2) is 0 Å². The maximum atomic E-state index is 13.3. The highest BCUT2D eigenvalue weighted by atomic mass is 16.5. The Balaban J connectivity index is 1.61. The molecule has 2 aliphatic rings. The highest BCUT2D eigenvalue weighted by Crippen LogP contribution is 2.45. The van der Waals surface area contributed by atoms with Crippen LogP contribution in [0.1, 0.15) is 24.8 Å². The summed E-state index contributed by atoms with van der Waals surface area (Å²) < 4.78 is 5.76. The van der Waals surface area contributed by atoms with Gasteiger partial charge in [-0.25, -0.2) is 0 Å². The number of morpholine rings is 1. The number of rotatable bonds is 7. The van der Waals surface area contributed by atoms with Crippen LogP contribution >= 0.6 is 0 Å². The van der Waals surface area contributed by atoms with Gasteiger partial charge in [0.25, 0.3) is 0 Å². The third-order valence-corrected chi connectivity index (χ3v) is 5.50. The van der Waals surface area contributed by atoms with E-state index in [9.17, 15) is 9.59 Å². The van der Waals surface area contributed by atoms with Gasteiger partial charge in [0, 0.05) is 19.6 Å². The maximum Gasteiger partial charge on any atom is 0.317 e. The van der Waals surface area contributed by atoms with Crippen molar-refractivity contribution in [2.75, 3.05) is 39.8 Å². The Morgan fingerprint density at radius 2 is 2.04 bits per heavy atom. The molecule has 0 radical (unpaired) electrons. The molecule has 6 heteroatoms. The van der Waals surface area contributed by atoms with Crippen molar-refractivity contribution in [2.24, 2.45) is 5.41 Å². The predicted molar refractivity (Wildman–Crippen MR) is 97.9 cm³/mol. The van der Waals surface area contributed by atoms with Crippen LogP contribution in [0.25, 0.3) is 0 Å². The number of benzene rings is 1. The molecule has 1 aromatic carbocycles. The molecule has 1 unspecified atom stereocenters. The normalized spacial score (nSPS) is 22.1. The van der Waals surface area contributed by atoms with E-state index in [2.05, 4.69) is 12.1 Å². The molecule has 1 N–H and O–H groups in total. The zero-order valence-electron chi connectivity index (χ0n) is 15.4. The van der Waals surface area contributed by atoms with Gasteiger partial charge < -0.3 is 14.7 Å². The maximum absolute atomic E-state index is 13.3. The lowest BCUT2D eigenvalue weighted by Crippen LogP contribution is -2.56. The van der Waals surface area contributed by atoms with Crippen molar-refractivity contribution in [3.63, 3.8) is 0 Å². The molecule has 1 saturated carbocycles. The highest BCUT2D eigenvalue weighted by Gasteiger charge is 2.46. The molecular formula is C20H28N2O4. The predicted octanol–water partition coefficient (Wildman–Crippen LogP) is 1.64. The first-order valence-corrected chi connectivity index (χ1v) is 9.34. The summed E-state index contributed by atoms with van der Waals surface area (Å²) >= 11 is 0. The number of aliphatic carboxylic acids is 1. The third-order valence-electron chi connectivity index (χ3n) is 5.50. The summed E-state index contributed by atoms with van der Waals surface area (Å²) in [5.41, 5.74) is 0.947. The van der Waals surface area contributed by atoms with Gasteiger partial charge in [-0.15, -0.1) is 0 Å². The van der Waals surface area contributed by atoms with Crippen LogP contribution in [-0.4, -0.2) is 72.7 Å². The van der Waals surface area contributed by atoms with E-state index in [0.717, 1.165) is 25.7 Å². The van der Waals surface area contributed by atoms with Gasteiger partial charge in [-0.05, 0) is 31.9 Å². The van der Waals surface area contributed by atoms with E-state index in [1.165, 1.54) is 5.56 Å². The first-order chi connectivity index (χ1) is 12.5. The van der Waals surface area contributed by atoms with Crippen LogP contribution in [0.2, 0.25) is 0 Å². The average molecular weight is 360 g/mol. The molecular weight excluding hydrogens is 332 g/mol. The molecule has 1 aliphatic carbocycles. The number of amides is 1. The number of carbonyl (C=O) groups excluding carboxylic acids is 1. The Kier molecular flexibility index (Phi) is 5.94. The molecule has 1 heterocycles. The summed E-state index contributed by atoms with van der Waals surface area (Å²) in [4.78, 5) is 27.8. The number of hydrogen-bond acceptors (Lipinski definition) is 4. The van der Waals surface area contributed by atoms with E-state index in [-0.39, 0.29) is 24.0 Å². The number of nitrogens with zero attached hydrogens (tertiary/aromatic N) is 2. The summed E-state index contributed by atoms with van der Waals surface area (Å²) in [6, 6.07) is 10.2. The Morgan fingerprint density at radius 1 is 1.31 bits per heavy atom. The summed E-state index contributed by atoms with van der Waals surface area (Å²) in [6.45, 7) is 2.17. The molecule has 1 aromatic rings. The van der Waals surface area contributed by atoms with Gasteiger partial charge in [0.2, 0.25) is 5.91 Å². The van der Waals surface area contributed by atoms with Crippen molar-refractivity contribution in [2.45, 2.75) is 31.8 Å². The lowest BCUT2D eigenvalue weighted by Gasteiger charge is -2.46. The quantitative estimate of drug-likeness (QED) is 0.801. The van der Waals surface area contributed by atoms with Crippen molar-refractivity contribution in [3.8, 4) is 0 Å². The van der Waals surface area contributed by atoms with E-state index < -0.39 is 5.97 Å². The molecule has 1 atom stereocenters. The monoisotopic (exact) mass is 360 g/mol. The molecule has 1 saturated heterocycles. The zero-order chi connectivity index (χ0) is 18.6. The minimum Gasteiger partial charge on any atom is -0.480 e. The fourth-order valence-electron chi connectivity index (χ4n) is 4.05. The number of carboxylic acid groups (broad SMARTS) is 1. The van der Waals surface area contributed by atoms with Gasteiger partial charge in [0.05, 0.1) is 24.7 Å². The largest absolute Gasteiger partial charge is 0.480 e. The second-order valence-corrected chi connectivity index (χ2v) is 7.63. The van der Waals surface area contributed by atoms with Crippen LogP contribution in [0.15, 0.2) is 30.3 Å². The van der Waals surface area contributed by atoms with Crippen molar-refractivity contribution in [1.29, 1.82) is 0 Å². The second-order valence-electron chi connectivity index (χ2n) is 7.63. The third kappa shape index (κ3) is 4.43. The first-order valence-electron chi connectivity index (χ1n) is 9.34. The molecule has 1 amide bonds. The van der Waals surface area contributed by atoms with Crippen molar-refractivity contribution in [3.05, 3.63) is 35.9 Å². The molecule has 3 rings (SSSR count). The van der Waals surface area contributed by atoms with E-state index in [0.29, 0.717) is 26.2 Å². The Bertz CT molecular complexity index is 630. The number of carboxylic acids is 1. The van der Waals surface area contributed by atoms with Crippen LogP contribution < -0.4 is 0 Å². The molecule has 2 fully saturated rings. The van der Waals surface area contributed by atoms with Crippen molar-refractivity contribution < 1.29 is 19.4 Å². The fourth-order valence-corrected chi connectivity index (χ4v) is 4.05. The van der Waals surface area contributed by atoms with Crippen LogP contribution in [-0.2, 0) is 20.7 Å². The van der Waals surface area contributed by atoms with Crippen molar-refractivity contribution in [1.82, 2.24) is 9.80 Å². The lowest BCUT2D eigenvalue weighted by molar-refractivity contribution is -0.156. The smallest absolute Gasteiger partial charge is 0.317 e. The molecule has 142 valence electrons. The SMILES string of the molecule is CN(CC(=O)O)CC1CN(C(=O)C2(Cc3ccccc3)CCC2)CCO1. The molecule has 26 heavy (non-hydrogen) atoms. The molecule has 1 aliphatic heterocycles. The molecule has 6 nitrogen and oxygen atoms in total. The molecule has 0 aromatic heterocycles. The first kappa shape index (κ1) is 18.9. The van der Waals surface area contributed by atoms with Gasteiger partial charge in [-0.2, -0.15) is 0 Å². The van der Waals surface area contributed by atoms with E-state index in [4.69, 9.17) is 9.84 Å². The summed E-state index contributed by atoms with van der Waals surface area (Å²) in [6.07, 6.45) is 3.66. The molecule has 0 bridgehead atoms. The number of hydrogen-bond donors (Lipinski definition) is 1. The van der Waals surface area contributed by atoms with Gasteiger partial charge in [-0.1, -0.05) is 36.8 Å². The Morgan fingerprint density at radius 3 is 2.65 bits per heavy atom. The van der Waals surface area contributed by atoms with Crippen LogP contribution in [0, 0.1) is 5.41 Å². The summed E-state index contributed by atoms with van der Waals surface area (Å²) in [5, 5.41) is 8.89. The minimum atomic E-state index is -0.854. The van der Waals surface area contributed by atoms with E-state index in [1.807, 2.05) is 23.1 Å². The number of carbonyl (C=O) groups is 2. The van der Waals surface area contributed by atoms with E-state index in [1.54, 1.807) is 11.9 Å². The van der Waals surface area contributed by atoms with Gasteiger partial charge in [-0.3, -0.25) is 14.5 Å². The van der Waals surface area contributed by atoms with Gasteiger partial charge in [0.1, 0.15) is 0 Å². The fraction of sp³-hybridized carbons (Fsp3) is 0.600. The second kappa shape index (κ2) is 8.18. The topological polar surface area (TPSA) is 70.1 Å². The van der Waals surface area contributed by atoms with Crippen LogP contribution in [0.4, 0.5) is 0 Å². The van der Waals surface area contributed by atoms with Gasteiger partial charge >= 0.3 is 5.97 Å². The molecule has 0 spiro atoms. The van der Waals surface area contributed by atoms with E-state index >= 15 is 0 Å². The number of ether oxygens (including phenoxy) is 1. The highest BCUT2D eigenvalue weighted by molar-refractivity contribution is 5.84. The minimum absolute atomic E-state index is 0.0221. The summed E-state index contributed by atoms with van der Waals surface area (Å²) in [5.74, 6) is -0.616. The van der Waals surface area contributed by atoms with Crippen LogP contribution in [0.3, 0.4) is 0 Å². The Hall–Kier alpha value is -1.92. The Labute approximate surface area is 154 Å². The van der Waals surface area contributed by atoms with Crippen molar-refractivity contribution >= 4 is 11.9 Å². The van der Waals surface area contributed by atoms with Crippen LogP contribution in [0.5, 0.6) is 0 Å².